The van der Waals surface area contributed by atoms with E-state index >= 15 is 0 Å². The van der Waals surface area contributed by atoms with Crippen LogP contribution in [0.4, 0.5) is 11.9 Å². The van der Waals surface area contributed by atoms with E-state index in [1.165, 1.54) is 11.8 Å². The maximum Gasteiger partial charge on any atom is 0.262 e. The van der Waals surface area contributed by atoms with Crippen molar-refractivity contribution in [2.24, 2.45) is 0 Å². The van der Waals surface area contributed by atoms with Gasteiger partial charge in [-0.25, -0.2) is 4.98 Å². The van der Waals surface area contributed by atoms with Gasteiger partial charge in [-0.3, -0.25) is 9.36 Å². The van der Waals surface area contributed by atoms with Gasteiger partial charge in [0.05, 0.1) is 29.3 Å². The fourth-order valence-electron chi connectivity index (χ4n) is 2.58. The minimum absolute atomic E-state index is 0.0599. The third-order valence-corrected chi connectivity index (χ3v) is 4.62. The number of hydrogen-bond donors (Lipinski definition) is 2. The molecule has 2 heterocycles. The van der Waals surface area contributed by atoms with Crippen LogP contribution in [0.2, 0.25) is 0 Å². The predicted molar refractivity (Wildman–Crippen MR) is 101 cm³/mol. The Hall–Kier alpha value is -2.72. The summed E-state index contributed by atoms with van der Waals surface area (Å²) in [5.41, 5.74) is 11.7. The summed E-state index contributed by atoms with van der Waals surface area (Å²) in [6.07, 6.45) is 0. The van der Waals surface area contributed by atoms with Crippen molar-refractivity contribution in [1.29, 1.82) is 0 Å². The van der Waals surface area contributed by atoms with Crippen LogP contribution in [0, 0.1) is 0 Å². The van der Waals surface area contributed by atoms with Gasteiger partial charge in [0.1, 0.15) is 5.82 Å². The lowest BCUT2D eigenvalue weighted by atomic mass is 10.2. The van der Waals surface area contributed by atoms with E-state index in [9.17, 15) is 4.79 Å². The summed E-state index contributed by atoms with van der Waals surface area (Å²) < 4.78 is 6.84. The molecule has 1 aromatic carbocycles. The van der Waals surface area contributed by atoms with Gasteiger partial charge in [0.15, 0.2) is 5.16 Å². The molecule has 1 atom stereocenters. The molecule has 136 valence electrons. The Morgan fingerprint density at radius 2 is 1.85 bits per heavy atom. The van der Waals surface area contributed by atoms with Crippen LogP contribution in [0.1, 0.15) is 18.8 Å². The fraction of sp³-hybridized carbons (Fsp3) is 0.312. The Bertz CT molecular complexity index is 972. The lowest BCUT2D eigenvalue weighted by Gasteiger charge is -2.18. The molecule has 9 nitrogen and oxygen atoms in total. The van der Waals surface area contributed by atoms with Gasteiger partial charge in [-0.2, -0.15) is 15.0 Å². The molecular formula is C16H19N7O2S. The van der Waals surface area contributed by atoms with Gasteiger partial charge < -0.3 is 16.2 Å². The van der Waals surface area contributed by atoms with Crippen molar-refractivity contribution in [3.05, 3.63) is 40.4 Å². The highest BCUT2D eigenvalue weighted by atomic mass is 32.2. The molecule has 0 unspecified atom stereocenters. The van der Waals surface area contributed by atoms with E-state index in [0.717, 1.165) is 0 Å². The number of nitrogens with zero attached hydrogens (tertiary/aromatic N) is 5. The van der Waals surface area contributed by atoms with E-state index in [2.05, 4.69) is 19.9 Å². The first kappa shape index (κ1) is 18.1. The molecule has 26 heavy (non-hydrogen) atoms. The molecule has 0 aliphatic carbocycles. The number of nitrogen functional groups attached to an aromatic ring is 2. The molecule has 0 amide bonds. The zero-order valence-electron chi connectivity index (χ0n) is 14.4. The molecule has 3 rings (SSSR count). The van der Waals surface area contributed by atoms with Gasteiger partial charge >= 0.3 is 0 Å². The molecule has 0 aliphatic rings. The molecule has 0 aliphatic heterocycles. The maximum absolute atomic E-state index is 13.0. The van der Waals surface area contributed by atoms with Crippen LogP contribution in [0.25, 0.3) is 10.9 Å². The lowest BCUT2D eigenvalue weighted by molar-refractivity contribution is 0.156. The number of ether oxygens (including phenoxy) is 1. The van der Waals surface area contributed by atoms with Gasteiger partial charge in [0, 0.05) is 7.11 Å². The zero-order valence-corrected chi connectivity index (χ0v) is 15.2. The molecule has 0 bridgehead atoms. The number of aromatic nitrogens is 5. The number of benzene rings is 1. The first-order chi connectivity index (χ1) is 12.5. The van der Waals surface area contributed by atoms with Crippen molar-refractivity contribution in [2.45, 2.75) is 23.9 Å². The van der Waals surface area contributed by atoms with Crippen LogP contribution in [-0.2, 0) is 10.5 Å². The zero-order chi connectivity index (χ0) is 18.7. The number of para-hydroxylation sites is 1. The maximum atomic E-state index is 13.0. The highest BCUT2D eigenvalue weighted by molar-refractivity contribution is 7.98. The van der Waals surface area contributed by atoms with Gasteiger partial charge in [-0.15, -0.1) is 0 Å². The minimum Gasteiger partial charge on any atom is -0.383 e. The summed E-state index contributed by atoms with van der Waals surface area (Å²) in [6, 6.07) is 7.06. The standard InChI is InChI=1S/C16H19N7O2S/c1-9(7-25-2)23-13(24)10-5-3-4-6-11(10)19-16(23)26-8-12-20-14(17)22-15(18)21-12/h3-6,9H,7-8H2,1-2H3,(H4,17,18,20,21,22)/t9-/m1/s1. The first-order valence-corrected chi connectivity index (χ1v) is 8.87. The van der Waals surface area contributed by atoms with Crippen LogP contribution in [0.3, 0.4) is 0 Å². The second kappa shape index (κ2) is 7.67. The van der Waals surface area contributed by atoms with E-state index in [0.29, 0.717) is 34.2 Å². The van der Waals surface area contributed by atoms with E-state index in [1.54, 1.807) is 17.7 Å². The van der Waals surface area contributed by atoms with E-state index in [-0.39, 0.29) is 23.5 Å². The van der Waals surface area contributed by atoms with Crippen LogP contribution < -0.4 is 17.0 Å². The normalized spacial score (nSPS) is 12.4. The summed E-state index contributed by atoms with van der Waals surface area (Å²) in [6.45, 7) is 2.30. The molecule has 0 spiro atoms. The van der Waals surface area contributed by atoms with Crippen molar-refractivity contribution in [3.63, 3.8) is 0 Å². The average Bonchev–Trinajstić information content (AvgIpc) is 2.59. The van der Waals surface area contributed by atoms with Gasteiger partial charge in [0.25, 0.3) is 5.56 Å². The number of thioether (sulfide) groups is 1. The van der Waals surface area contributed by atoms with Gasteiger partial charge in [-0.05, 0) is 19.1 Å². The van der Waals surface area contributed by atoms with E-state index < -0.39 is 0 Å². The Labute approximate surface area is 153 Å². The van der Waals surface area contributed by atoms with Crippen molar-refractivity contribution < 1.29 is 4.74 Å². The quantitative estimate of drug-likeness (QED) is 0.483. The molecule has 3 aromatic rings. The number of nitrogens with two attached hydrogens (primary N) is 2. The van der Waals surface area contributed by atoms with Crippen LogP contribution in [-0.4, -0.2) is 38.2 Å². The van der Waals surface area contributed by atoms with Crippen LogP contribution in [0.5, 0.6) is 0 Å². The summed E-state index contributed by atoms with van der Waals surface area (Å²) in [4.78, 5) is 29.5. The number of rotatable bonds is 6. The number of anilines is 2. The largest absolute Gasteiger partial charge is 0.383 e. The molecule has 0 fully saturated rings. The number of hydrogen-bond acceptors (Lipinski definition) is 9. The number of fused-ring (bicyclic) bond motifs is 1. The summed E-state index contributed by atoms with van der Waals surface area (Å²) in [5, 5.41) is 1.12. The Morgan fingerprint density at radius 1 is 1.15 bits per heavy atom. The Balaban J connectivity index is 2.02. The summed E-state index contributed by atoms with van der Waals surface area (Å²) in [5.74, 6) is 0.893. The Kier molecular flexibility index (Phi) is 5.33. The minimum atomic E-state index is -0.180. The third kappa shape index (κ3) is 3.75. The lowest BCUT2D eigenvalue weighted by Crippen LogP contribution is -2.28. The van der Waals surface area contributed by atoms with Gasteiger partial charge in [0.2, 0.25) is 11.9 Å². The third-order valence-electron chi connectivity index (χ3n) is 3.67. The average molecular weight is 373 g/mol. The van der Waals surface area contributed by atoms with Crippen molar-refractivity contribution >= 4 is 34.6 Å². The molecule has 10 heteroatoms. The van der Waals surface area contributed by atoms with Crippen LogP contribution >= 0.6 is 11.8 Å². The highest BCUT2D eigenvalue weighted by Gasteiger charge is 2.17. The topological polar surface area (TPSA) is 135 Å². The van der Waals surface area contributed by atoms with Gasteiger partial charge in [-0.1, -0.05) is 23.9 Å². The second-order valence-electron chi connectivity index (χ2n) is 5.65. The van der Waals surface area contributed by atoms with Crippen molar-refractivity contribution in [1.82, 2.24) is 24.5 Å². The summed E-state index contributed by atoms with van der Waals surface area (Å²) >= 11 is 1.33. The highest BCUT2D eigenvalue weighted by Crippen LogP contribution is 2.23. The summed E-state index contributed by atoms with van der Waals surface area (Å²) in [7, 11) is 1.60. The number of methoxy groups -OCH3 is 1. The predicted octanol–water partition coefficient (Wildman–Crippen LogP) is 1.25. The molecular weight excluding hydrogens is 354 g/mol. The second-order valence-corrected chi connectivity index (χ2v) is 6.59. The van der Waals surface area contributed by atoms with E-state index in [1.807, 2.05) is 25.1 Å². The van der Waals surface area contributed by atoms with Crippen LogP contribution in [0.15, 0.2) is 34.2 Å². The fourth-order valence-corrected chi connectivity index (χ4v) is 3.53. The Morgan fingerprint density at radius 3 is 2.54 bits per heavy atom. The molecule has 0 radical (unpaired) electrons. The smallest absolute Gasteiger partial charge is 0.262 e. The monoisotopic (exact) mass is 373 g/mol. The molecule has 0 saturated carbocycles. The van der Waals surface area contributed by atoms with Crippen molar-refractivity contribution in [2.75, 3.05) is 25.2 Å². The van der Waals surface area contributed by atoms with E-state index in [4.69, 9.17) is 16.2 Å². The molecule has 4 N–H and O–H groups in total. The SMILES string of the molecule is COC[C@@H](C)n1c(SCc2nc(N)nc(N)n2)nc2ccccc2c1=O. The molecule has 0 saturated heterocycles. The first-order valence-electron chi connectivity index (χ1n) is 7.88. The van der Waals surface area contributed by atoms with Crippen molar-refractivity contribution in [3.8, 4) is 0 Å². The molecule has 2 aromatic heterocycles.